The van der Waals surface area contributed by atoms with Gasteiger partial charge in [-0.3, -0.25) is 9.59 Å². The van der Waals surface area contributed by atoms with Crippen molar-refractivity contribution in [1.29, 1.82) is 0 Å². The van der Waals surface area contributed by atoms with Crippen LogP contribution in [0.15, 0.2) is 0 Å². The number of amides is 2. The van der Waals surface area contributed by atoms with Gasteiger partial charge in [-0.1, -0.05) is 39.5 Å². The highest BCUT2D eigenvalue weighted by Gasteiger charge is 2.32. The van der Waals surface area contributed by atoms with Crippen LogP contribution >= 0.6 is 0 Å². The number of carbonyl (C=O) groups excluding carboxylic acids is 2. The molecule has 0 saturated carbocycles. The standard InChI is InChI=1S/C15H28N2O2/c1-4-6-7-8-10-17-12(3)11-14(18)16-13(9-5-2)15(17)19/h12-13H,4-11H2,1-3H3,(H,16,18). The van der Waals surface area contributed by atoms with Gasteiger partial charge in [-0.05, 0) is 19.8 Å². The summed E-state index contributed by atoms with van der Waals surface area (Å²) in [7, 11) is 0. The van der Waals surface area contributed by atoms with Crippen molar-refractivity contribution in [1.82, 2.24) is 10.2 Å². The number of hydrogen-bond donors (Lipinski definition) is 1. The molecule has 1 aliphatic heterocycles. The van der Waals surface area contributed by atoms with E-state index in [1.807, 2.05) is 18.7 Å². The molecule has 0 aromatic carbocycles. The fourth-order valence-corrected chi connectivity index (χ4v) is 2.63. The van der Waals surface area contributed by atoms with Gasteiger partial charge in [0, 0.05) is 19.0 Å². The summed E-state index contributed by atoms with van der Waals surface area (Å²) in [6.07, 6.45) is 6.69. The lowest BCUT2D eigenvalue weighted by Gasteiger charge is -2.28. The lowest BCUT2D eigenvalue weighted by atomic mass is 10.1. The highest BCUT2D eigenvalue weighted by Crippen LogP contribution is 2.15. The first kappa shape index (κ1) is 16.0. The molecule has 2 atom stereocenters. The molecule has 1 N–H and O–H groups in total. The molecular weight excluding hydrogens is 240 g/mol. The monoisotopic (exact) mass is 268 g/mol. The zero-order valence-corrected chi connectivity index (χ0v) is 12.6. The summed E-state index contributed by atoms with van der Waals surface area (Å²) in [4.78, 5) is 26.1. The first-order valence-corrected chi connectivity index (χ1v) is 7.70. The van der Waals surface area contributed by atoms with Crippen molar-refractivity contribution in [2.75, 3.05) is 6.54 Å². The van der Waals surface area contributed by atoms with Crippen LogP contribution in [-0.2, 0) is 9.59 Å². The third-order valence-corrected chi connectivity index (χ3v) is 3.76. The van der Waals surface area contributed by atoms with Gasteiger partial charge in [-0.15, -0.1) is 0 Å². The summed E-state index contributed by atoms with van der Waals surface area (Å²) in [6, 6.07) is -0.287. The first-order chi connectivity index (χ1) is 9.10. The highest BCUT2D eigenvalue weighted by molar-refractivity contribution is 5.90. The van der Waals surface area contributed by atoms with Crippen molar-refractivity contribution in [2.45, 2.75) is 77.8 Å². The molecule has 0 radical (unpaired) electrons. The quantitative estimate of drug-likeness (QED) is 0.721. The average Bonchev–Trinajstić information content (AvgIpc) is 2.45. The normalized spacial score (nSPS) is 24.3. The number of nitrogens with zero attached hydrogens (tertiary/aromatic N) is 1. The van der Waals surface area contributed by atoms with Gasteiger partial charge in [0.05, 0.1) is 0 Å². The zero-order valence-electron chi connectivity index (χ0n) is 12.6. The van der Waals surface area contributed by atoms with Crippen molar-refractivity contribution in [3.8, 4) is 0 Å². The summed E-state index contributed by atoms with van der Waals surface area (Å²) < 4.78 is 0. The molecule has 2 unspecified atom stereocenters. The molecule has 0 aromatic rings. The third kappa shape index (κ3) is 4.84. The van der Waals surface area contributed by atoms with Gasteiger partial charge >= 0.3 is 0 Å². The van der Waals surface area contributed by atoms with Crippen LogP contribution in [-0.4, -0.2) is 35.3 Å². The molecule has 110 valence electrons. The molecule has 2 amide bonds. The average molecular weight is 268 g/mol. The van der Waals surface area contributed by atoms with E-state index in [-0.39, 0.29) is 23.9 Å². The van der Waals surface area contributed by atoms with Gasteiger partial charge < -0.3 is 10.2 Å². The van der Waals surface area contributed by atoms with Crippen LogP contribution in [0.1, 0.15) is 65.7 Å². The van der Waals surface area contributed by atoms with E-state index < -0.39 is 0 Å². The highest BCUT2D eigenvalue weighted by atomic mass is 16.2. The van der Waals surface area contributed by atoms with E-state index >= 15 is 0 Å². The summed E-state index contributed by atoms with van der Waals surface area (Å²) in [5.41, 5.74) is 0. The minimum absolute atomic E-state index is 0.00959. The molecule has 0 aliphatic carbocycles. The molecule has 1 heterocycles. The molecule has 1 rings (SSSR count). The van der Waals surface area contributed by atoms with Gasteiger partial charge in [0.1, 0.15) is 6.04 Å². The lowest BCUT2D eigenvalue weighted by Crippen LogP contribution is -2.46. The Kier molecular flexibility index (Phi) is 6.89. The molecule has 0 spiro atoms. The Hall–Kier alpha value is -1.06. The van der Waals surface area contributed by atoms with Crippen molar-refractivity contribution < 1.29 is 9.59 Å². The number of nitrogens with one attached hydrogen (secondary N) is 1. The first-order valence-electron chi connectivity index (χ1n) is 7.70. The third-order valence-electron chi connectivity index (χ3n) is 3.76. The van der Waals surface area contributed by atoms with Gasteiger partial charge in [-0.25, -0.2) is 0 Å². The van der Waals surface area contributed by atoms with Gasteiger partial charge in [-0.2, -0.15) is 0 Å². The number of unbranched alkanes of at least 4 members (excludes halogenated alkanes) is 3. The molecule has 0 bridgehead atoms. The summed E-state index contributed by atoms with van der Waals surface area (Å²) in [5.74, 6) is 0.118. The topological polar surface area (TPSA) is 49.4 Å². The van der Waals surface area contributed by atoms with Crippen molar-refractivity contribution in [3.63, 3.8) is 0 Å². The van der Waals surface area contributed by atoms with E-state index in [9.17, 15) is 9.59 Å². The van der Waals surface area contributed by atoms with E-state index in [0.29, 0.717) is 6.42 Å². The molecule has 4 heteroatoms. The van der Waals surface area contributed by atoms with Crippen molar-refractivity contribution in [3.05, 3.63) is 0 Å². The molecule has 19 heavy (non-hydrogen) atoms. The Balaban J connectivity index is 2.63. The van der Waals surface area contributed by atoms with Crippen LogP contribution in [0.3, 0.4) is 0 Å². The van der Waals surface area contributed by atoms with E-state index in [2.05, 4.69) is 12.2 Å². The molecular formula is C15H28N2O2. The van der Waals surface area contributed by atoms with Gasteiger partial charge in [0.2, 0.25) is 11.8 Å². The van der Waals surface area contributed by atoms with E-state index in [1.165, 1.54) is 12.8 Å². The Bertz CT molecular complexity index is 305. The zero-order chi connectivity index (χ0) is 14.3. The SMILES string of the molecule is CCCCCCN1C(=O)C(CCC)NC(=O)CC1C. The summed E-state index contributed by atoms with van der Waals surface area (Å²) in [6.45, 7) is 6.99. The number of carbonyl (C=O) groups is 2. The van der Waals surface area contributed by atoms with Crippen molar-refractivity contribution >= 4 is 11.8 Å². The molecule has 1 aliphatic rings. The Morgan fingerprint density at radius 3 is 2.53 bits per heavy atom. The molecule has 0 aromatic heterocycles. The van der Waals surface area contributed by atoms with Crippen LogP contribution in [0, 0.1) is 0 Å². The predicted octanol–water partition coefficient (Wildman–Crippen LogP) is 2.47. The van der Waals surface area contributed by atoms with Crippen molar-refractivity contribution in [2.24, 2.45) is 0 Å². The maximum absolute atomic E-state index is 12.5. The molecule has 4 nitrogen and oxygen atoms in total. The Morgan fingerprint density at radius 1 is 1.16 bits per heavy atom. The fourth-order valence-electron chi connectivity index (χ4n) is 2.63. The second-order valence-corrected chi connectivity index (χ2v) is 5.55. The summed E-state index contributed by atoms with van der Waals surface area (Å²) >= 11 is 0. The van der Waals surface area contributed by atoms with Crippen LogP contribution < -0.4 is 5.32 Å². The smallest absolute Gasteiger partial charge is 0.245 e. The fraction of sp³-hybridized carbons (Fsp3) is 0.867. The van der Waals surface area contributed by atoms with Crippen LogP contribution in [0.25, 0.3) is 0 Å². The van der Waals surface area contributed by atoms with E-state index in [1.54, 1.807) is 0 Å². The second kappa shape index (κ2) is 8.18. The van der Waals surface area contributed by atoms with Crippen LogP contribution in [0.2, 0.25) is 0 Å². The van der Waals surface area contributed by atoms with Gasteiger partial charge in [0.25, 0.3) is 0 Å². The van der Waals surface area contributed by atoms with E-state index in [0.717, 1.165) is 32.2 Å². The minimum Gasteiger partial charge on any atom is -0.344 e. The Labute approximate surface area is 116 Å². The predicted molar refractivity (Wildman–Crippen MR) is 76.8 cm³/mol. The maximum Gasteiger partial charge on any atom is 0.245 e. The Morgan fingerprint density at radius 2 is 1.89 bits per heavy atom. The lowest BCUT2D eigenvalue weighted by molar-refractivity contribution is -0.135. The maximum atomic E-state index is 12.5. The molecule has 1 saturated heterocycles. The second-order valence-electron chi connectivity index (χ2n) is 5.55. The van der Waals surface area contributed by atoms with Crippen LogP contribution in [0.4, 0.5) is 0 Å². The molecule has 1 fully saturated rings. The minimum atomic E-state index is -0.311. The van der Waals surface area contributed by atoms with E-state index in [4.69, 9.17) is 0 Å². The largest absolute Gasteiger partial charge is 0.344 e. The number of hydrogen-bond acceptors (Lipinski definition) is 2. The number of rotatable bonds is 7. The summed E-state index contributed by atoms with van der Waals surface area (Å²) in [5, 5.41) is 2.86. The van der Waals surface area contributed by atoms with Gasteiger partial charge in [0.15, 0.2) is 0 Å². The van der Waals surface area contributed by atoms with Crippen LogP contribution in [0.5, 0.6) is 0 Å².